The molecule has 0 bridgehead atoms. The number of carbonyl (C=O) groups is 1. The van der Waals surface area contributed by atoms with E-state index in [0.717, 1.165) is 0 Å². The summed E-state index contributed by atoms with van der Waals surface area (Å²) in [7, 11) is 0. The van der Waals surface area contributed by atoms with Gasteiger partial charge in [-0.05, 0) is 36.4 Å². The average Bonchev–Trinajstić information content (AvgIpc) is 3.17. The summed E-state index contributed by atoms with van der Waals surface area (Å²) in [6, 6.07) is 14.1. The van der Waals surface area contributed by atoms with Crippen molar-refractivity contribution < 1.29 is 18.9 Å². The second-order valence-corrected chi connectivity index (χ2v) is 6.48. The smallest absolute Gasteiger partial charge is 0.310 e. The molecule has 2 aromatic carbocycles. The molecule has 148 valence electrons. The SMILES string of the molecule is O=C(COc1ccccc1[N+](=O)[O-])N/N=C/c1ccc(-c2cc(Cl)ccc2Cl)o1. The van der Waals surface area contributed by atoms with Gasteiger partial charge in [0.15, 0.2) is 12.4 Å². The topological polar surface area (TPSA) is 107 Å². The van der Waals surface area contributed by atoms with E-state index in [0.29, 0.717) is 27.1 Å². The summed E-state index contributed by atoms with van der Waals surface area (Å²) in [4.78, 5) is 22.1. The molecule has 1 N–H and O–H groups in total. The molecule has 3 rings (SSSR count). The number of nitro benzene ring substituents is 1. The number of hydrogen-bond acceptors (Lipinski definition) is 6. The molecular formula is C19H13Cl2N3O5. The highest BCUT2D eigenvalue weighted by Crippen LogP contribution is 2.31. The molecule has 0 aliphatic carbocycles. The van der Waals surface area contributed by atoms with Crippen LogP contribution in [0.2, 0.25) is 10.0 Å². The summed E-state index contributed by atoms with van der Waals surface area (Å²) in [5.74, 6) is 0.260. The molecule has 1 heterocycles. The highest BCUT2D eigenvalue weighted by atomic mass is 35.5. The molecule has 10 heteroatoms. The van der Waals surface area contributed by atoms with Gasteiger partial charge in [0.05, 0.1) is 16.2 Å². The maximum atomic E-state index is 11.8. The predicted octanol–water partition coefficient (Wildman–Crippen LogP) is 4.69. The monoisotopic (exact) mass is 433 g/mol. The second-order valence-electron chi connectivity index (χ2n) is 5.63. The number of rotatable bonds is 7. The predicted molar refractivity (Wildman–Crippen MR) is 108 cm³/mol. The van der Waals surface area contributed by atoms with E-state index in [9.17, 15) is 14.9 Å². The Kier molecular flexibility index (Phi) is 6.48. The molecule has 0 fully saturated rings. The summed E-state index contributed by atoms with van der Waals surface area (Å²) < 4.78 is 10.8. The van der Waals surface area contributed by atoms with Crippen molar-refractivity contribution in [2.75, 3.05) is 6.61 Å². The number of furan rings is 1. The summed E-state index contributed by atoms with van der Waals surface area (Å²) in [6.07, 6.45) is 1.30. The van der Waals surface area contributed by atoms with Crippen LogP contribution in [-0.4, -0.2) is 23.7 Å². The van der Waals surface area contributed by atoms with Gasteiger partial charge < -0.3 is 9.15 Å². The molecule has 1 amide bonds. The zero-order chi connectivity index (χ0) is 20.8. The molecule has 0 unspecified atom stereocenters. The van der Waals surface area contributed by atoms with Crippen LogP contribution in [0.15, 0.2) is 64.1 Å². The summed E-state index contributed by atoms with van der Waals surface area (Å²) in [6.45, 7) is -0.441. The van der Waals surface area contributed by atoms with Crippen molar-refractivity contribution >= 4 is 41.0 Å². The minimum Gasteiger partial charge on any atom is -0.477 e. The Morgan fingerprint density at radius 1 is 1.21 bits per heavy atom. The Hall–Kier alpha value is -3.36. The van der Waals surface area contributed by atoms with Crippen molar-refractivity contribution in [3.63, 3.8) is 0 Å². The Balaban J connectivity index is 1.57. The number of hydrogen-bond donors (Lipinski definition) is 1. The van der Waals surface area contributed by atoms with Gasteiger partial charge in [-0.15, -0.1) is 0 Å². The van der Waals surface area contributed by atoms with E-state index in [1.165, 1.54) is 24.4 Å². The molecule has 0 saturated heterocycles. The van der Waals surface area contributed by atoms with E-state index in [2.05, 4.69) is 10.5 Å². The van der Waals surface area contributed by atoms with Gasteiger partial charge in [0.2, 0.25) is 0 Å². The van der Waals surface area contributed by atoms with Gasteiger partial charge in [-0.2, -0.15) is 5.10 Å². The fourth-order valence-corrected chi connectivity index (χ4v) is 2.71. The Morgan fingerprint density at radius 3 is 2.79 bits per heavy atom. The molecule has 0 spiro atoms. The van der Waals surface area contributed by atoms with Gasteiger partial charge in [0.25, 0.3) is 5.91 Å². The first-order chi connectivity index (χ1) is 13.9. The number of halogens is 2. The Bertz CT molecular complexity index is 1080. The second kappa shape index (κ2) is 9.22. The third-order valence-corrected chi connectivity index (χ3v) is 4.19. The van der Waals surface area contributed by atoms with E-state index in [1.807, 2.05) is 0 Å². The molecule has 0 radical (unpaired) electrons. The van der Waals surface area contributed by atoms with Crippen molar-refractivity contribution in [1.82, 2.24) is 5.43 Å². The van der Waals surface area contributed by atoms with E-state index < -0.39 is 17.4 Å². The zero-order valence-electron chi connectivity index (χ0n) is 14.7. The third kappa shape index (κ3) is 5.34. The first-order valence-electron chi connectivity index (χ1n) is 8.17. The highest BCUT2D eigenvalue weighted by Gasteiger charge is 2.14. The van der Waals surface area contributed by atoms with Gasteiger partial charge in [-0.3, -0.25) is 14.9 Å². The third-order valence-electron chi connectivity index (χ3n) is 3.62. The van der Waals surface area contributed by atoms with Gasteiger partial charge in [0.1, 0.15) is 11.5 Å². The molecule has 29 heavy (non-hydrogen) atoms. The lowest BCUT2D eigenvalue weighted by molar-refractivity contribution is -0.385. The van der Waals surface area contributed by atoms with Crippen molar-refractivity contribution in [3.05, 3.63) is 80.5 Å². The van der Waals surface area contributed by atoms with Crippen molar-refractivity contribution in [3.8, 4) is 17.1 Å². The number of benzene rings is 2. The average molecular weight is 434 g/mol. The van der Waals surface area contributed by atoms with Gasteiger partial charge in [-0.25, -0.2) is 5.43 Å². The van der Waals surface area contributed by atoms with E-state index >= 15 is 0 Å². The van der Waals surface area contributed by atoms with Gasteiger partial charge in [-0.1, -0.05) is 35.3 Å². The fourth-order valence-electron chi connectivity index (χ4n) is 2.33. The van der Waals surface area contributed by atoms with Crippen LogP contribution < -0.4 is 10.2 Å². The van der Waals surface area contributed by atoms with Crippen molar-refractivity contribution in [2.24, 2.45) is 5.10 Å². The molecule has 0 saturated carbocycles. The minimum atomic E-state index is -0.593. The van der Waals surface area contributed by atoms with Crippen LogP contribution in [0.1, 0.15) is 5.76 Å². The first-order valence-corrected chi connectivity index (χ1v) is 8.93. The van der Waals surface area contributed by atoms with E-state index in [4.69, 9.17) is 32.4 Å². The van der Waals surface area contributed by atoms with Crippen LogP contribution in [0.4, 0.5) is 5.69 Å². The Morgan fingerprint density at radius 2 is 2.00 bits per heavy atom. The molecule has 8 nitrogen and oxygen atoms in total. The molecule has 0 atom stereocenters. The van der Waals surface area contributed by atoms with Crippen LogP contribution in [0.3, 0.4) is 0 Å². The zero-order valence-corrected chi connectivity index (χ0v) is 16.2. The maximum Gasteiger partial charge on any atom is 0.310 e. The van der Waals surface area contributed by atoms with Crippen LogP contribution >= 0.6 is 23.2 Å². The number of nitrogens with zero attached hydrogens (tertiary/aromatic N) is 2. The quantitative estimate of drug-likeness (QED) is 0.330. The van der Waals surface area contributed by atoms with Gasteiger partial charge in [0, 0.05) is 16.7 Å². The van der Waals surface area contributed by atoms with Crippen LogP contribution in [0.5, 0.6) is 5.75 Å². The molecule has 3 aromatic rings. The van der Waals surface area contributed by atoms with Crippen molar-refractivity contribution in [2.45, 2.75) is 0 Å². The van der Waals surface area contributed by atoms with Crippen molar-refractivity contribution in [1.29, 1.82) is 0 Å². The Labute approximate surface area is 174 Å². The van der Waals surface area contributed by atoms with Crippen LogP contribution in [0.25, 0.3) is 11.3 Å². The minimum absolute atomic E-state index is 0.00861. The number of para-hydroxylation sites is 2. The molecule has 0 aliphatic heterocycles. The normalized spacial score (nSPS) is 10.8. The number of nitro groups is 1. The summed E-state index contributed by atoms with van der Waals surface area (Å²) in [5, 5.41) is 15.7. The summed E-state index contributed by atoms with van der Waals surface area (Å²) >= 11 is 12.1. The number of amides is 1. The number of hydrazone groups is 1. The standard InChI is InChI=1S/C19H13Cl2N3O5/c20-12-5-7-15(21)14(9-12)17-8-6-13(29-17)10-22-23-19(25)11-28-18-4-2-1-3-16(18)24(26)27/h1-10H,11H2,(H,23,25)/b22-10+. The molecule has 0 aliphatic rings. The number of nitrogens with one attached hydrogen (secondary N) is 1. The fraction of sp³-hybridized carbons (Fsp3) is 0.0526. The van der Waals surface area contributed by atoms with E-state index in [1.54, 1.807) is 36.4 Å². The number of ether oxygens (including phenoxy) is 1. The van der Waals surface area contributed by atoms with Crippen LogP contribution in [-0.2, 0) is 4.79 Å². The summed E-state index contributed by atoms with van der Waals surface area (Å²) in [5.41, 5.74) is 2.64. The van der Waals surface area contributed by atoms with Gasteiger partial charge >= 0.3 is 5.69 Å². The first kappa shape index (κ1) is 20.4. The maximum absolute atomic E-state index is 11.8. The molecule has 1 aromatic heterocycles. The lowest BCUT2D eigenvalue weighted by Gasteiger charge is -2.05. The van der Waals surface area contributed by atoms with E-state index in [-0.39, 0.29) is 11.4 Å². The number of carbonyl (C=O) groups excluding carboxylic acids is 1. The lowest BCUT2D eigenvalue weighted by atomic mass is 10.2. The molecular weight excluding hydrogens is 421 g/mol. The largest absolute Gasteiger partial charge is 0.477 e. The highest BCUT2D eigenvalue weighted by molar-refractivity contribution is 6.35. The van der Waals surface area contributed by atoms with Crippen LogP contribution in [0, 0.1) is 10.1 Å². The lowest BCUT2D eigenvalue weighted by Crippen LogP contribution is -2.24.